The minimum absolute atomic E-state index is 0.0794. The first-order chi connectivity index (χ1) is 13.6. The number of hydrogen-bond donors (Lipinski definition) is 3. The molecule has 2 heterocycles. The third-order valence-electron chi connectivity index (χ3n) is 4.64. The van der Waals surface area contributed by atoms with E-state index in [0.29, 0.717) is 11.5 Å². The number of benzene rings is 2. The zero-order valence-corrected chi connectivity index (χ0v) is 15.5. The van der Waals surface area contributed by atoms with Gasteiger partial charge in [-0.15, -0.1) is 0 Å². The van der Waals surface area contributed by atoms with Crippen molar-refractivity contribution in [2.45, 2.75) is 0 Å². The Balaban J connectivity index is 1.66. The number of rotatable bonds is 4. The second-order valence-corrected chi connectivity index (χ2v) is 6.50. The van der Waals surface area contributed by atoms with Crippen molar-refractivity contribution in [3.63, 3.8) is 0 Å². The number of hydrogen-bond acceptors (Lipinski definition) is 7. The van der Waals surface area contributed by atoms with E-state index in [1.165, 1.54) is 13.2 Å². The number of fused-ring (bicyclic) bond motifs is 1. The van der Waals surface area contributed by atoms with Crippen LogP contribution in [0.3, 0.4) is 0 Å². The number of ether oxygens (including phenoxy) is 1. The Hall–Kier alpha value is -3.39. The van der Waals surface area contributed by atoms with Crippen LogP contribution in [0, 0.1) is 0 Å². The van der Waals surface area contributed by atoms with Crippen LogP contribution in [-0.4, -0.2) is 54.3 Å². The Bertz CT molecular complexity index is 1020. The summed E-state index contributed by atoms with van der Waals surface area (Å²) in [4.78, 5) is 23.6. The highest BCUT2D eigenvalue weighted by Crippen LogP contribution is 2.29. The van der Waals surface area contributed by atoms with Gasteiger partial charge in [-0.3, -0.25) is 4.79 Å². The topological polar surface area (TPSA) is 99.6 Å². The molecule has 2 aromatic carbocycles. The minimum Gasteiger partial charge on any atom is -0.508 e. The average molecular weight is 379 g/mol. The summed E-state index contributed by atoms with van der Waals surface area (Å²) in [5.41, 5.74) is 0.717. The molecule has 0 radical (unpaired) electrons. The van der Waals surface area contributed by atoms with Gasteiger partial charge in [-0.2, -0.15) is 9.97 Å². The maximum Gasteiger partial charge on any atom is 0.318 e. The molecule has 1 saturated heterocycles. The van der Waals surface area contributed by atoms with E-state index >= 15 is 0 Å². The lowest BCUT2D eigenvalue weighted by Crippen LogP contribution is -2.44. The van der Waals surface area contributed by atoms with Gasteiger partial charge in [0.1, 0.15) is 17.3 Å². The molecule has 4 rings (SSSR count). The number of aromatic hydroxyl groups is 1. The van der Waals surface area contributed by atoms with Gasteiger partial charge >= 0.3 is 6.01 Å². The second kappa shape index (κ2) is 7.69. The molecule has 28 heavy (non-hydrogen) atoms. The summed E-state index contributed by atoms with van der Waals surface area (Å²) in [6, 6.07) is 12.5. The standard InChI is InChI=1S/C20H21N5O3/c1-28-20-23-17(12-18(24-20)25-8-6-21-7-9-25)19(27)22-16-11-14(26)10-13-4-2-3-5-15(13)16/h2-5,10-12,21,26H,6-9H2,1H3,(H,22,27). The lowest BCUT2D eigenvalue weighted by molar-refractivity contribution is 0.102. The highest BCUT2D eigenvalue weighted by atomic mass is 16.5. The molecule has 1 amide bonds. The molecule has 0 aliphatic carbocycles. The van der Waals surface area contributed by atoms with Crippen LogP contribution in [0.5, 0.6) is 11.8 Å². The zero-order chi connectivity index (χ0) is 19.5. The average Bonchev–Trinajstić information content (AvgIpc) is 2.73. The molecule has 8 nitrogen and oxygen atoms in total. The number of anilines is 2. The van der Waals surface area contributed by atoms with Crippen molar-refractivity contribution >= 4 is 28.2 Å². The van der Waals surface area contributed by atoms with Crippen LogP contribution in [0.15, 0.2) is 42.5 Å². The van der Waals surface area contributed by atoms with Crippen LogP contribution in [0.1, 0.15) is 10.5 Å². The number of nitrogens with one attached hydrogen (secondary N) is 2. The summed E-state index contributed by atoms with van der Waals surface area (Å²) in [5.74, 6) is 0.336. The van der Waals surface area contributed by atoms with Gasteiger partial charge in [-0.05, 0) is 11.5 Å². The van der Waals surface area contributed by atoms with Crippen molar-refractivity contribution in [1.82, 2.24) is 15.3 Å². The summed E-state index contributed by atoms with van der Waals surface area (Å²) in [6.07, 6.45) is 0. The van der Waals surface area contributed by atoms with Gasteiger partial charge in [0.25, 0.3) is 5.91 Å². The summed E-state index contributed by atoms with van der Waals surface area (Å²) in [7, 11) is 1.47. The third kappa shape index (κ3) is 3.67. The van der Waals surface area contributed by atoms with Crippen LogP contribution < -0.4 is 20.3 Å². The minimum atomic E-state index is -0.396. The maximum atomic E-state index is 12.9. The van der Waals surface area contributed by atoms with E-state index in [0.717, 1.165) is 37.0 Å². The molecule has 3 aromatic rings. The maximum absolute atomic E-state index is 12.9. The molecule has 0 bridgehead atoms. The Morgan fingerprint density at radius 1 is 1.18 bits per heavy atom. The summed E-state index contributed by atoms with van der Waals surface area (Å²) < 4.78 is 5.19. The Labute approximate surface area is 162 Å². The quantitative estimate of drug-likeness (QED) is 0.638. The van der Waals surface area contributed by atoms with Crippen molar-refractivity contribution < 1.29 is 14.6 Å². The lowest BCUT2D eigenvalue weighted by atomic mass is 10.1. The Morgan fingerprint density at radius 2 is 1.96 bits per heavy atom. The number of phenolic OH excluding ortho intramolecular Hbond substituents is 1. The predicted molar refractivity (Wildman–Crippen MR) is 107 cm³/mol. The van der Waals surface area contributed by atoms with E-state index in [-0.39, 0.29) is 17.5 Å². The molecule has 1 aromatic heterocycles. The normalized spacial score (nSPS) is 14.1. The van der Waals surface area contributed by atoms with Gasteiger partial charge in [0, 0.05) is 43.7 Å². The molecule has 1 aliphatic heterocycles. The molecule has 1 fully saturated rings. The molecular weight excluding hydrogens is 358 g/mol. The number of carbonyl (C=O) groups excluding carboxylic acids is 1. The summed E-state index contributed by atoms with van der Waals surface area (Å²) in [6.45, 7) is 3.28. The SMILES string of the molecule is COc1nc(C(=O)Nc2cc(O)cc3ccccc23)cc(N2CCNCC2)n1. The number of phenols is 1. The highest BCUT2D eigenvalue weighted by molar-refractivity contribution is 6.09. The Kier molecular flexibility index (Phi) is 4.94. The van der Waals surface area contributed by atoms with Crippen LogP contribution in [0.2, 0.25) is 0 Å². The first-order valence-electron chi connectivity index (χ1n) is 9.06. The van der Waals surface area contributed by atoms with E-state index in [4.69, 9.17) is 4.74 Å². The third-order valence-corrected chi connectivity index (χ3v) is 4.64. The van der Waals surface area contributed by atoms with Crippen LogP contribution in [0.25, 0.3) is 10.8 Å². The number of amides is 1. The first-order valence-corrected chi connectivity index (χ1v) is 9.06. The second-order valence-electron chi connectivity index (χ2n) is 6.50. The molecule has 1 aliphatic rings. The molecular formula is C20H21N5O3. The van der Waals surface area contributed by atoms with Crippen molar-refractivity contribution in [1.29, 1.82) is 0 Å². The largest absolute Gasteiger partial charge is 0.508 e. The predicted octanol–water partition coefficient (Wildman–Crippen LogP) is 2.01. The number of nitrogens with zero attached hydrogens (tertiary/aromatic N) is 3. The molecule has 0 spiro atoms. The van der Waals surface area contributed by atoms with Crippen LogP contribution in [0.4, 0.5) is 11.5 Å². The lowest BCUT2D eigenvalue weighted by Gasteiger charge is -2.28. The van der Waals surface area contributed by atoms with Gasteiger partial charge in [-0.25, -0.2) is 0 Å². The van der Waals surface area contributed by atoms with Crippen molar-refractivity contribution in [3.05, 3.63) is 48.2 Å². The number of aromatic nitrogens is 2. The molecule has 8 heteroatoms. The van der Waals surface area contributed by atoms with E-state index in [1.807, 2.05) is 24.3 Å². The van der Waals surface area contributed by atoms with Crippen molar-refractivity contribution in [2.75, 3.05) is 43.5 Å². The number of piperazine rings is 1. The van der Waals surface area contributed by atoms with Crippen molar-refractivity contribution in [2.24, 2.45) is 0 Å². The number of methoxy groups -OCH3 is 1. The molecule has 144 valence electrons. The van der Waals surface area contributed by atoms with Gasteiger partial charge in [0.15, 0.2) is 0 Å². The van der Waals surface area contributed by atoms with Gasteiger partial charge < -0.3 is 25.4 Å². The molecule has 0 saturated carbocycles. The van der Waals surface area contributed by atoms with Gasteiger partial charge in [-0.1, -0.05) is 24.3 Å². The van der Waals surface area contributed by atoms with E-state index in [1.54, 1.807) is 12.1 Å². The molecule has 0 unspecified atom stereocenters. The highest BCUT2D eigenvalue weighted by Gasteiger charge is 2.18. The van der Waals surface area contributed by atoms with Crippen LogP contribution in [-0.2, 0) is 0 Å². The number of carbonyl (C=O) groups is 1. The summed E-state index contributed by atoms with van der Waals surface area (Å²) >= 11 is 0. The molecule has 0 atom stereocenters. The van der Waals surface area contributed by atoms with Gasteiger partial charge in [0.2, 0.25) is 0 Å². The van der Waals surface area contributed by atoms with Gasteiger partial charge in [0.05, 0.1) is 12.8 Å². The van der Waals surface area contributed by atoms with E-state index < -0.39 is 5.91 Å². The van der Waals surface area contributed by atoms with E-state index in [2.05, 4.69) is 25.5 Å². The fourth-order valence-corrected chi connectivity index (χ4v) is 3.26. The fraction of sp³-hybridized carbons (Fsp3) is 0.250. The Morgan fingerprint density at radius 3 is 2.75 bits per heavy atom. The fourth-order valence-electron chi connectivity index (χ4n) is 3.26. The smallest absolute Gasteiger partial charge is 0.318 e. The summed E-state index contributed by atoms with van der Waals surface area (Å²) in [5, 5.41) is 17.8. The first kappa shape index (κ1) is 18.0. The van der Waals surface area contributed by atoms with Crippen LogP contribution >= 0.6 is 0 Å². The van der Waals surface area contributed by atoms with Crippen molar-refractivity contribution in [3.8, 4) is 11.8 Å². The van der Waals surface area contributed by atoms with E-state index in [9.17, 15) is 9.90 Å². The zero-order valence-electron chi connectivity index (χ0n) is 15.5. The molecule has 3 N–H and O–H groups in total. The monoisotopic (exact) mass is 379 g/mol.